The van der Waals surface area contributed by atoms with E-state index >= 15 is 0 Å². The summed E-state index contributed by atoms with van der Waals surface area (Å²) in [6.07, 6.45) is 3.78. The molecule has 0 aliphatic rings. The molecule has 0 amide bonds. The third-order valence-electron chi connectivity index (χ3n) is 1.46. The number of carbonyl (C=O) groups excluding carboxylic acids is 1. The lowest BCUT2D eigenvalue weighted by atomic mass is 10.4. The smallest absolute Gasteiger partial charge is 0.265 e. The van der Waals surface area contributed by atoms with Crippen molar-refractivity contribution in [3.05, 3.63) is 18.2 Å². The molecule has 66 valence electrons. The molecule has 0 radical (unpaired) electrons. The third-order valence-corrected chi connectivity index (χ3v) is 1.83. The van der Waals surface area contributed by atoms with E-state index in [1.807, 2.05) is 6.92 Å². The number of carbonyl (C=O) groups is 1. The molecule has 0 aliphatic carbocycles. The van der Waals surface area contributed by atoms with Gasteiger partial charge in [-0.15, -0.1) is 0 Å². The van der Waals surface area contributed by atoms with Crippen LogP contribution in [0, 0.1) is 0 Å². The Kier molecular flexibility index (Phi) is 3.12. The van der Waals surface area contributed by atoms with Crippen LogP contribution in [0.2, 0.25) is 0 Å². The van der Waals surface area contributed by atoms with Crippen LogP contribution in [0.25, 0.3) is 0 Å². The number of nitrogens with zero attached hydrogens (tertiary/aromatic N) is 2. The molecule has 0 saturated carbocycles. The van der Waals surface area contributed by atoms with Gasteiger partial charge in [0.2, 0.25) is 0 Å². The van der Waals surface area contributed by atoms with E-state index in [0.29, 0.717) is 12.2 Å². The van der Waals surface area contributed by atoms with Gasteiger partial charge in [0.15, 0.2) is 4.84 Å². The predicted octanol–water partition coefficient (Wildman–Crippen LogP) is 1.89. The fourth-order valence-electron chi connectivity index (χ4n) is 0.902. The van der Waals surface area contributed by atoms with Crippen LogP contribution in [0.15, 0.2) is 12.4 Å². The van der Waals surface area contributed by atoms with Gasteiger partial charge in [0.1, 0.15) is 5.82 Å². The zero-order chi connectivity index (χ0) is 9.14. The van der Waals surface area contributed by atoms with E-state index in [2.05, 4.69) is 4.98 Å². The van der Waals surface area contributed by atoms with Gasteiger partial charge >= 0.3 is 0 Å². The summed E-state index contributed by atoms with van der Waals surface area (Å²) in [5.41, 5.74) is 0. The number of alkyl halides is 2. The van der Waals surface area contributed by atoms with Crippen molar-refractivity contribution in [1.82, 2.24) is 9.55 Å². The first-order chi connectivity index (χ1) is 5.66. The molecule has 0 aliphatic heterocycles. The summed E-state index contributed by atoms with van der Waals surface area (Å²) in [6, 6.07) is 0. The molecule has 0 unspecified atom stereocenters. The highest BCUT2D eigenvalue weighted by atomic mass is 35.5. The van der Waals surface area contributed by atoms with Crippen LogP contribution >= 0.6 is 23.2 Å². The maximum absolute atomic E-state index is 11.2. The first-order valence-corrected chi connectivity index (χ1v) is 4.38. The number of halogens is 2. The molecule has 5 heteroatoms. The van der Waals surface area contributed by atoms with Crippen molar-refractivity contribution < 1.29 is 4.79 Å². The van der Waals surface area contributed by atoms with Crippen LogP contribution in [-0.4, -0.2) is 20.3 Å². The number of hydrogen-bond donors (Lipinski definition) is 0. The van der Waals surface area contributed by atoms with Gasteiger partial charge in [0, 0.05) is 18.8 Å². The summed E-state index contributed by atoms with van der Waals surface area (Å²) in [6.45, 7) is 1.91. The number of imidazole rings is 1. The van der Waals surface area contributed by atoms with E-state index in [9.17, 15) is 4.79 Å². The average Bonchev–Trinajstić information content (AvgIpc) is 2.49. The molecular weight excluding hydrogens is 199 g/mol. The Labute approximate surface area is 80.3 Å². The second-order valence-corrected chi connectivity index (χ2v) is 3.30. The summed E-state index contributed by atoms with van der Waals surface area (Å²) in [7, 11) is 0. The van der Waals surface area contributed by atoms with Crippen molar-refractivity contribution in [3.63, 3.8) is 0 Å². The highest BCUT2D eigenvalue weighted by molar-refractivity contribution is 6.53. The monoisotopic (exact) mass is 206 g/mol. The summed E-state index contributed by atoms with van der Waals surface area (Å²) >= 11 is 10.8. The van der Waals surface area contributed by atoms with Gasteiger partial charge in [0.25, 0.3) is 5.91 Å². The Balaban J connectivity index is 2.94. The van der Waals surface area contributed by atoms with E-state index in [0.717, 1.165) is 0 Å². The molecule has 1 rings (SSSR count). The van der Waals surface area contributed by atoms with Gasteiger partial charge < -0.3 is 0 Å². The van der Waals surface area contributed by atoms with Crippen LogP contribution < -0.4 is 0 Å². The lowest BCUT2D eigenvalue weighted by Gasteiger charge is -2.03. The molecule has 0 spiro atoms. The van der Waals surface area contributed by atoms with Crippen LogP contribution in [0.4, 0.5) is 0 Å². The van der Waals surface area contributed by atoms with Gasteiger partial charge in [-0.25, -0.2) is 4.98 Å². The molecule has 0 fully saturated rings. The predicted molar refractivity (Wildman–Crippen MR) is 47.7 cm³/mol. The molecule has 0 bridgehead atoms. The molecule has 1 aromatic heterocycles. The second kappa shape index (κ2) is 3.92. The number of hydrogen-bond acceptors (Lipinski definition) is 2. The van der Waals surface area contributed by atoms with E-state index in [-0.39, 0.29) is 5.91 Å². The van der Waals surface area contributed by atoms with E-state index < -0.39 is 4.84 Å². The highest BCUT2D eigenvalue weighted by Crippen LogP contribution is 2.08. The minimum atomic E-state index is -1.02. The molecule has 0 aromatic carbocycles. The normalized spacial score (nSPS) is 10.7. The minimum Gasteiger partial charge on any atom is -0.271 e. The van der Waals surface area contributed by atoms with Crippen molar-refractivity contribution in [3.8, 4) is 0 Å². The largest absolute Gasteiger partial charge is 0.271 e. The van der Waals surface area contributed by atoms with Crippen molar-refractivity contribution in [2.45, 2.75) is 18.2 Å². The summed E-state index contributed by atoms with van der Waals surface area (Å²) in [4.78, 5) is 14.2. The summed E-state index contributed by atoms with van der Waals surface area (Å²) < 4.78 is 1.37. The molecular formula is C7H8Cl2N2O. The molecule has 3 nitrogen and oxygen atoms in total. The molecule has 1 heterocycles. The molecule has 12 heavy (non-hydrogen) atoms. The maximum atomic E-state index is 11.2. The zero-order valence-electron chi connectivity index (χ0n) is 6.50. The van der Waals surface area contributed by atoms with Crippen LogP contribution in [-0.2, 0) is 6.42 Å². The van der Waals surface area contributed by atoms with Crippen molar-refractivity contribution in [2.24, 2.45) is 0 Å². The first kappa shape index (κ1) is 9.55. The fraction of sp³-hybridized carbons (Fsp3) is 0.429. The highest BCUT2D eigenvalue weighted by Gasteiger charge is 2.15. The van der Waals surface area contributed by atoms with Gasteiger partial charge in [-0.05, 0) is 0 Å². The Bertz CT molecular complexity index is 283. The SMILES string of the molecule is CCc1nccn1C(=O)C(Cl)Cl. The fourth-order valence-corrected chi connectivity index (χ4v) is 1.11. The van der Waals surface area contributed by atoms with Crippen LogP contribution in [0.5, 0.6) is 0 Å². The summed E-state index contributed by atoms with van der Waals surface area (Å²) in [5.74, 6) is 0.319. The molecule has 0 atom stereocenters. The zero-order valence-corrected chi connectivity index (χ0v) is 8.01. The van der Waals surface area contributed by atoms with E-state index in [1.54, 1.807) is 12.4 Å². The maximum Gasteiger partial charge on any atom is 0.265 e. The van der Waals surface area contributed by atoms with Gasteiger partial charge in [-0.1, -0.05) is 30.1 Å². The van der Waals surface area contributed by atoms with Crippen molar-refractivity contribution in [2.75, 3.05) is 0 Å². The molecule has 1 aromatic rings. The molecule has 0 N–H and O–H groups in total. The summed E-state index contributed by atoms with van der Waals surface area (Å²) in [5, 5.41) is 0. The van der Waals surface area contributed by atoms with Crippen LogP contribution in [0.1, 0.15) is 17.5 Å². The van der Waals surface area contributed by atoms with Crippen LogP contribution in [0.3, 0.4) is 0 Å². The first-order valence-electron chi connectivity index (χ1n) is 3.51. The standard InChI is InChI=1S/C7H8Cl2N2O/c1-2-5-10-3-4-11(5)7(12)6(8)9/h3-4,6H,2H2,1H3. The van der Waals surface area contributed by atoms with Gasteiger partial charge in [0.05, 0.1) is 0 Å². The second-order valence-electron chi connectivity index (χ2n) is 2.21. The van der Waals surface area contributed by atoms with E-state index in [4.69, 9.17) is 23.2 Å². The van der Waals surface area contributed by atoms with E-state index in [1.165, 1.54) is 4.57 Å². The average molecular weight is 207 g/mol. The Morgan fingerprint density at radius 1 is 1.75 bits per heavy atom. The quantitative estimate of drug-likeness (QED) is 0.694. The topological polar surface area (TPSA) is 34.9 Å². The number of aryl methyl sites for hydroxylation is 1. The Morgan fingerprint density at radius 2 is 2.42 bits per heavy atom. The number of rotatable bonds is 2. The van der Waals surface area contributed by atoms with Crippen molar-refractivity contribution >= 4 is 29.1 Å². The lowest BCUT2D eigenvalue weighted by molar-refractivity contribution is 0.0926. The van der Waals surface area contributed by atoms with Crippen molar-refractivity contribution in [1.29, 1.82) is 0 Å². The lowest BCUT2D eigenvalue weighted by Crippen LogP contribution is -2.19. The van der Waals surface area contributed by atoms with Gasteiger partial charge in [-0.2, -0.15) is 0 Å². The Hall–Kier alpha value is -0.540. The third kappa shape index (κ3) is 1.79. The number of aromatic nitrogens is 2. The minimum absolute atomic E-state index is 0.354. The van der Waals surface area contributed by atoms with Gasteiger partial charge in [-0.3, -0.25) is 9.36 Å². The molecule has 0 saturated heterocycles. The Morgan fingerprint density at radius 3 is 2.92 bits per heavy atom.